The summed E-state index contributed by atoms with van der Waals surface area (Å²) in [5, 5.41) is 0. The number of hydrogen-bond acceptors (Lipinski definition) is 2. The lowest BCUT2D eigenvalue weighted by atomic mass is 10.5. The van der Waals surface area contributed by atoms with Crippen LogP contribution < -0.4 is 0 Å². The third-order valence-electron chi connectivity index (χ3n) is 0.789. The van der Waals surface area contributed by atoms with E-state index in [9.17, 15) is 0 Å². The van der Waals surface area contributed by atoms with Gasteiger partial charge in [0.2, 0.25) is 0 Å². The smallest absolute Gasteiger partial charge is 0.106 e. The van der Waals surface area contributed by atoms with Crippen LogP contribution >= 0.6 is 37.6 Å². The fourth-order valence-corrected chi connectivity index (χ4v) is 1.13. The first-order chi connectivity index (χ1) is 4.33. The second-order valence-corrected chi connectivity index (χ2v) is 3.29. The van der Waals surface area contributed by atoms with Crippen LogP contribution in [0.25, 0.3) is 0 Å². The highest BCUT2D eigenvalue weighted by Crippen LogP contribution is 2.21. The van der Waals surface area contributed by atoms with Gasteiger partial charge in [0.05, 0.1) is 0 Å². The first kappa shape index (κ1) is 7.38. The molecule has 0 unspecified atom stereocenters. The first-order valence-electron chi connectivity index (χ1n) is 2.23. The molecule has 0 fully saturated rings. The van der Waals surface area contributed by atoms with Gasteiger partial charge in [0.25, 0.3) is 0 Å². The largest absolute Gasteiger partial charge is 0.248 e. The zero-order chi connectivity index (χ0) is 6.69. The van der Waals surface area contributed by atoms with Gasteiger partial charge in [0.1, 0.15) is 4.60 Å². The maximum atomic E-state index is 5.44. The highest BCUT2D eigenvalue weighted by atomic mass is 79.9. The molecular formula is C5H3BrClNS. The maximum absolute atomic E-state index is 5.44. The fraction of sp³-hybridized carbons (Fsp3) is 0. The van der Waals surface area contributed by atoms with Crippen molar-refractivity contribution in [2.75, 3.05) is 0 Å². The van der Waals surface area contributed by atoms with Gasteiger partial charge in [0.15, 0.2) is 0 Å². The van der Waals surface area contributed by atoms with Gasteiger partial charge in [-0.2, -0.15) is 0 Å². The molecule has 0 atom stereocenters. The number of nitrogens with zero attached hydrogens (tertiary/aromatic N) is 1. The van der Waals surface area contributed by atoms with Crippen molar-refractivity contribution in [2.45, 2.75) is 4.90 Å². The Hall–Kier alpha value is 0.270. The number of pyridine rings is 1. The van der Waals surface area contributed by atoms with Crippen LogP contribution in [-0.4, -0.2) is 4.98 Å². The van der Waals surface area contributed by atoms with Gasteiger partial charge in [0, 0.05) is 11.1 Å². The quantitative estimate of drug-likeness (QED) is 0.680. The monoisotopic (exact) mass is 223 g/mol. The minimum atomic E-state index is 0.831. The molecule has 9 heavy (non-hydrogen) atoms. The number of halogens is 2. The summed E-state index contributed by atoms with van der Waals surface area (Å²) in [7, 11) is 6.61. The molecule has 0 bridgehead atoms. The average molecular weight is 225 g/mol. The number of rotatable bonds is 1. The summed E-state index contributed by atoms with van der Waals surface area (Å²) in [6, 6.07) is 3.75. The van der Waals surface area contributed by atoms with Crippen molar-refractivity contribution in [3.63, 3.8) is 0 Å². The molecule has 4 heteroatoms. The Morgan fingerprint density at radius 1 is 1.56 bits per heavy atom. The second kappa shape index (κ2) is 3.44. The molecule has 1 nitrogen and oxygen atoms in total. The summed E-state index contributed by atoms with van der Waals surface area (Å²) in [6.45, 7) is 0. The third-order valence-corrected chi connectivity index (χ3v) is 2.21. The topological polar surface area (TPSA) is 12.9 Å². The normalized spacial score (nSPS) is 9.56. The predicted molar refractivity (Wildman–Crippen MR) is 43.6 cm³/mol. The zero-order valence-corrected chi connectivity index (χ0v) is 7.50. The molecule has 0 aromatic carbocycles. The van der Waals surface area contributed by atoms with Crippen LogP contribution in [0.3, 0.4) is 0 Å². The summed E-state index contributed by atoms with van der Waals surface area (Å²) in [5.41, 5.74) is 0. The van der Waals surface area contributed by atoms with Crippen LogP contribution in [0.15, 0.2) is 27.8 Å². The van der Waals surface area contributed by atoms with Gasteiger partial charge < -0.3 is 0 Å². The van der Waals surface area contributed by atoms with Crippen molar-refractivity contribution in [1.82, 2.24) is 4.98 Å². The Kier molecular flexibility index (Phi) is 2.82. The molecule has 0 N–H and O–H groups in total. The summed E-state index contributed by atoms with van der Waals surface area (Å²) >= 11 is 3.21. The Balaban J connectivity index is 2.88. The van der Waals surface area contributed by atoms with Gasteiger partial charge in [-0.25, -0.2) is 4.98 Å². The molecule has 0 saturated heterocycles. The van der Waals surface area contributed by atoms with E-state index in [-0.39, 0.29) is 0 Å². The molecule has 0 spiro atoms. The molecular weight excluding hydrogens is 221 g/mol. The van der Waals surface area contributed by atoms with Crippen LogP contribution in [0.1, 0.15) is 0 Å². The predicted octanol–water partition coefficient (Wildman–Crippen LogP) is 3.09. The molecule has 0 radical (unpaired) electrons. The van der Waals surface area contributed by atoms with Crippen LogP contribution in [0, 0.1) is 0 Å². The molecule has 0 saturated carbocycles. The third kappa shape index (κ3) is 2.16. The summed E-state index contributed by atoms with van der Waals surface area (Å²) < 4.78 is 0.831. The van der Waals surface area contributed by atoms with Crippen LogP contribution in [0.5, 0.6) is 0 Å². The average Bonchev–Trinajstić information content (AvgIpc) is 1.90. The molecule has 0 aliphatic carbocycles. The van der Waals surface area contributed by atoms with Crippen molar-refractivity contribution in [1.29, 1.82) is 0 Å². The Morgan fingerprint density at radius 2 is 2.33 bits per heavy atom. The van der Waals surface area contributed by atoms with E-state index in [4.69, 9.17) is 10.7 Å². The molecule has 1 rings (SSSR count). The summed E-state index contributed by atoms with van der Waals surface area (Å²) in [4.78, 5) is 4.92. The van der Waals surface area contributed by atoms with E-state index in [0.29, 0.717) is 0 Å². The van der Waals surface area contributed by atoms with Crippen molar-refractivity contribution in [2.24, 2.45) is 0 Å². The molecule has 1 heterocycles. The minimum Gasteiger partial charge on any atom is -0.248 e. The van der Waals surface area contributed by atoms with Crippen molar-refractivity contribution in [3.05, 3.63) is 22.9 Å². The Bertz CT molecular complexity index is 189. The van der Waals surface area contributed by atoms with Gasteiger partial charge in [-0.05, 0) is 49.7 Å². The van der Waals surface area contributed by atoms with Crippen LogP contribution in [-0.2, 0) is 0 Å². The molecule has 1 aromatic heterocycles. The SMILES string of the molecule is ClSc1ccc(Br)nc1. The van der Waals surface area contributed by atoms with Crippen molar-refractivity contribution < 1.29 is 0 Å². The Morgan fingerprint density at radius 3 is 2.78 bits per heavy atom. The molecule has 1 aromatic rings. The van der Waals surface area contributed by atoms with Gasteiger partial charge in [-0.15, -0.1) is 0 Å². The second-order valence-electron chi connectivity index (χ2n) is 1.39. The molecule has 48 valence electrons. The lowest BCUT2D eigenvalue weighted by molar-refractivity contribution is 1.20. The summed E-state index contributed by atoms with van der Waals surface area (Å²) in [6.07, 6.45) is 1.71. The highest BCUT2D eigenvalue weighted by Gasteiger charge is 1.89. The van der Waals surface area contributed by atoms with Gasteiger partial charge >= 0.3 is 0 Å². The maximum Gasteiger partial charge on any atom is 0.106 e. The van der Waals surface area contributed by atoms with E-state index >= 15 is 0 Å². The lowest BCUT2D eigenvalue weighted by Crippen LogP contribution is -1.72. The van der Waals surface area contributed by atoms with Gasteiger partial charge in [-0.1, -0.05) is 0 Å². The number of aromatic nitrogens is 1. The van der Waals surface area contributed by atoms with E-state index in [1.807, 2.05) is 12.1 Å². The minimum absolute atomic E-state index is 0.831. The van der Waals surface area contributed by atoms with Crippen LogP contribution in [0.4, 0.5) is 0 Å². The van der Waals surface area contributed by atoms with E-state index < -0.39 is 0 Å². The molecule has 0 aliphatic heterocycles. The summed E-state index contributed by atoms with van der Waals surface area (Å²) in [5.74, 6) is 0. The fourth-order valence-electron chi connectivity index (χ4n) is 0.408. The van der Waals surface area contributed by atoms with Crippen LogP contribution in [0.2, 0.25) is 0 Å². The first-order valence-corrected chi connectivity index (χ1v) is 4.66. The number of hydrogen-bond donors (Lipinski definition) is 0. The van der Waals surface area contributed by atoms with E-state index in [1.54, 1.807) is 6.20 Å². The standard InChI is InChI=1S/C5H3BrClNS/c6-5-2-1-4(9-7)3-8-5/h1-3H. The van der Waals surface area contributed by atoms with E-state index in [2.05, 4.69) is 20.9 Å². The zero-order valence-electron chi connectivity index (χ0n) is 4.34. The van der Waals surface area contributed by atoms with E-state index in [0.717, 1.165) is 9.50 Å². The van der Waals surface area contributed by atoms with Crippen molar-refractivity contribution >= 4 is 37.6 Å². The Labute approximate surface area is 70.4 Å². The van der Waals surface area contributed by atoms with E-state index in [1.165, 1.54) is 11.0 Å². The lowest BCUT2D eigenvalue weighted by Gasteiger charge is -1.90. The van der Waals surface area contributed by atoms with Crippen molar-refractivity contribution in [3.8, 4) is 0 Å². The van der Waals surface area contributed by atoms with Gasteiger partial charge in [-0.3, -0.25) is 0 Å². The molecule has 0 aliphatic rings. The molecule has 0 amide bonds. The highest BCUT2D eigenvalue weighted by molar-refractivity contribution is 9.10.